The van der Waals surface area contributed by atoms with Crippen molar-refractivity contribution in [3.8, 4) is 28.7 Å². The second kappa shape index (κ2) is 11.4. The number of carbonyl (C=O) groups is 1. The maximum atomic E-state index is 12.5. The number of ether oxygens (including phenoxy) is 5. The van der Waals surface area contributed by atoms with E-state index in [2.05, 4.69) is 4.65 Å². The molecule has 0 aromatic heterocycles. The van der Waals surface area contributed by atoms with Crippen molar-refractivity contribution < 1.29 is 33.1 Å². The lowest BCUT2D eigenvalue weighted by atomic mass is 10.1. The van der Waals surface area contributed by atoms with E-state index in [0.29, 0.717) is 5.75 Å². The molecular formula is C24H22BClO7. The van der Waals surface area contributed by atoms with Gasteiger partial charge in [0, 0.05) is 6.07 Å². The molecule has 0 unspecified atom stereocenters. The monoisotopic (exact) mass is 468 g/mol. The molecule has 0 fully saturated rings. The van der Waals surface area contributed by atoms with Crippen LogP contribution < -0.4 is 23.7 Å². The third kappa shape index (κ3) is 5.84. The molecule has 0 spiro atoms. The number of hydrogen-bond acceptors (Lipinski definition) is 7. The van der Waals surface area contributed by atoms with Gasteiger partial charge in [0.25, 0.3) is 0 Å². The zero-order chi connectivity index (χ0) is 23.8. The number of carbonyl (C=O) groups excluding carboxylic acids is 1. The Labute approximate surface area is 198 Å². The first-order valence-corrected chi connectivity index (χ1v) is 10.2. The number of halogens is 1. The molecule has 0 aliphatic rings. The van der Waals surface area contributed by atoms with Crippen molar-refractivity contribution in [3.05, 3.63) is 76.3 Å². The summed E-state index contributed by atoms with van der Waals surface area (Å²) in [5.74, 6) is 0.939. The number of rotatable bonds is 10. The van der Waals surface area contributed by atoms with Gasteiger partial charge in [-0.3, -0.25) is 0 Å². The number of benzene rings is 3. The van der Waals surface area contributed by atoms with Crippen LogP contribution in [0.5, 0.6) is 28.7 Å². The standard InChI is InChI=1S/C24H22BClO7/c1-28-17-8-4-15(5-9-17)13-31-20-12-19(26)22(30-3)21(24(27)33-25)23(20)32-14-16-6-10-18(29-2)11-7-16/h4-12H,13-14H2,1-3H3. The van der Waals surface area contributed by atoms with E-state index >= 15 is 0 Å². The molecule has 0 bridgehead atoms. The fraction of sp³-hybridized carbons (Fsp3) is 0.208. The first-order valence-electron chi connectivity index (χ1n) is 9.83. The molecule has 3 aromatic rings. The van der Waals surface area contributed by atoms with E-state index in [0.717, 1.165) is 16.9 Å². The Bertz CT molecular complexity index is 1090. The van der Waals surface area contributed by atoms with Crippen molar-refractivity contribution in [2.45, 2.75) is 13.2 Å². The van der Waals surface area contributed by atoms with E-state index in [1.165, 1.54) is 13.2 Å². The topological polar surface area (TPSA) is 72.5 Å². The number of methoxy groups -OCH3 is 3. The first-order chi connectivity index (χ1) is 16.0. The minimum absolute atomic E-state index is 0.0636. The van der Waals surface area contributed by atoms with Crippen molar-refractivity contribution in [3.63, 3.8) is 0 Å². The van der Waals surface area contributed by atoms with Crippen LogP contribution in [0.25, 0.3) is 0 Å². The minimum Gasteiger partial charge on any atom is -0.540 e. The predicted octanol–water partition coefficient (Wildman–Crippen LogP) is 4.76. The van der Waals surface area contributed by atoms with Gasteiger partial charge in [-0.15, -0.1) is 0 Å². The van der Waals surface area contributed by atoms with Crippen molar-refractivity contribution in [2.24, 2.45) is 0 Å². The summed E-state index contributed by atoms with van der Waals surface area (Å²) in [6.45, 7) is 0.307. The largest absolute Gasteiger partial charge is 0.540 e. The number of hydrogen-bond donors (Lipinski definition) is 0. The second-order valence-electron chi connectivity index (χ2n) is 6.77. The molecule has 0 aliphatic heterocycles. The normalized spacial score (nSPS) is 10.3. The van der Waals surface area contributed by atoms with E-state index in [9.17, 15) is 4.79 Å². The average molecular weight is 469 g/mol. The van der Waals surface area contributed by atoms with Crippen LogP contribution in [0, 0.1) is 0 Å². The maximum absolute atomic E-state index is 12.5. The van der Waals surface area contributed by atoms with Crippen molar-refractivity contribution >= 4 is 25.6 Å². The molecule has 0 saturated heterocycles. The highest BCUT2D eigenvalue weighted by Crippen LogP contribution is 2.44. The molecule has 170 valence electrons. The van der Waals surface area contributed by atoms with Gasteiger partial charge in [0.05, 0.1) is 26.4 Å². The van der Waals surface area contributed by atoms with E-state index in [1.807, 2.05) is 36.4 Å². The highest BCUT2D eigenvalue weighted by Gasteiger charge is 2.27. The molecule has 0 amide bonds. The first kappa shape index (κ1) is 24.1. The Balaban J connectivity index is 1.94. The summed E-state index contributed by atoms with van der Waals surface area (Å²) < 4.78 is 32.1. The Hall–Kier alpha value is -3.52. The highest BCUT2D eigenvalue weighted by atomic mass is 35.5. The smallest absolute Gasteiger partial charge is 0.378 e. The third-order valence-corrected chi connectivity index (χ3v) is 5.04. The molecule has 0 saturated carbocycles. The Morgan fingerprint density at radius 1 is 0.788 bits per heavy atom. The van der Waals surface area contributed by atoms with Gasteiger partial charge in [-0.2, -0.15) is 0 Å². The Kier molecular flexibility index (Phi) is 8.32. The molecular weight excluding hydrogens is 447 g/mol. The molecule has 0 aliphatic carbocycles. The summed E-state index contributed by atoms with van der Waals surface area (Å²) in [5, 5.41) is 0.138. The lowest BCUT2D eigenvalue weighted by Gasteiger charge is -2.19. The van der Waals surface area contributed by atoms with Gasteiger partial charge in [-0.05, 0) is 35.4 Å². The minimum atomic E-state index is -0.881. The van der Waals surface area contributed by atoms with Crippen LogP contribution in [0.3, 0.4) is 0 Å². The van der Waals surface area contributed by atoms with Crippen LogP contribution in [0.2, 0.25) is 5.02 Å². The van der Waals surface area contributed by atoms with E-state index < -0.39 is 5.97 Å². The predicted molar refractivity (Wildman–Crippen MR) is 124 cm³/mol. The zero-order valence-electron chi connectivity index (χ0n) is 18.4. The molecule has 3 aromatic carbocycles. The quantitative estimate of drug-likeness (QED) is 0.397. The summed E-state index contributed by atoms with van der Waals surface area (Å²) in [7, 11) is 9.71. The van der Waals surface area contributed by atoms with Crippen molar-refractivity contribution in [1.82, 2.24) is 0 Å². The van der Waals surface area contributed by atoms with E-state index in [1.54, 1.807) is 26.4 Å². The van der Waals surface area contributed by atoms with Crippen LogP contribution in [0.4, 0.5) is 0 Å². The summed E-state index contributed by atoms with van der Waals surface area (Å²) in [6.07, 6.45) is 0. The maximum Gasteiger partial charge on any atom is 0.378 e. The molecule has 0 atom stereocenters. The van der Waals surface area contributed by atoms with Gasteiger partial charge < -0.3 is 28.3 Å². The molecule has 9 heteroatoms. The molecule has 0 N–H and O–H groups in total. The molecule has 33 heavy (non-hydrogen) atoms. The molecule has 0 heterocycles. The summed E-state index contributed by atoms with van der Waals surface area (Å²) in [5.41, 5.74) is 1.62. The fourth-order valence-electron chi connectivity index (χ4n) is 3.05. The van der Waals surface area contributed by atoms with Gasteiger partial charge in [0.2, 0.25) is 0 Å². The SMILES string of the molecule is [B]OC(=O)c1c(OC)c(Cl)cc(OCc2ccc(OC)cc2)c1OCc1ccc(OC)cc1. The zero-order valence-corrected chi connectivity index (χ0v) is 19.2. The molecule has 2 radical (unpaired) electrons. The molecule has 3 rings (SSSR count). The van der Waals surface area contributed by atoms with Gasteiger partial charge >= 0.3 is 14.0 Å². The lowest BCUT2D eigenvalue weighted by Crippen LogP contribution is -2.11. The van der Waals surface area contributed by atoms with Crippen LogP contribution >= 0.6 is 11.6 Å². The van der Waals surface area contributed by atoms with Crippen LogP contribution in [-0.2, 0) is 17.9 Å². The van der Waals surface area contributed by atoms with E-state index in [4.69, 9.17) is 43.3 Å². The summed E-state index contributed by atoms with van der Waals surface area (Å²) >= 11 is 6.34. The van der Waals surface area contributed by atoms with Crippen LogP contribution in [-0.4, -0.2) is 35.3 Å². The van der Waals surface area contributed by atoms with E-state index in [-0.39, 0.29) is 41.0 Å². The Morgan fingerprint density at radius 3 is 1.76 bits per heavy atom. The third-order valence-electron chi connectivity index (χ3n) is 4.76. The molecule has 7 nitrogen and oxygen atoms in total. The van der Waals surface area contributed by atoms with Gasteiger partial charge in [-0.25, -0.2) is 4.79 Å². The van der Waals surface area contributed by atoms with Crippen LogP contribution in [0.15, 0.2) is 54.6 Å². The fourth-order valence-corrected chi connectivity index (χ4v) is 3.32. The summed E-state index contributed by atoms with van der Waals surface area (Å²) in [4.78, 5) is 12.5. The van der Waals surface area contributed by atoms with Gasteiger partial charge in [-0.1, -0.05) is 35.9 Å². The second-order valence-corrected chi connectivity index (χ2v) is 7.18. The average Bonchev–Trinajstić information content (AvgIpc) is 2.86. The van der Waals surface area contributed by atoms with Crippen molar-refractivity contribution in [2.75, 3.05) is 21.3 Å². The summed E-state index contributed by atoms with van der Waals surface area (Å²) in [6, 6.07) is 16.1. The van der Waals surface area contributed by atoms with Gasteiger partial charge in [0.15, 0.2) is 17.2 Å². The van der Waals surface area contributed by atoms with Crippen LogP contribution in [0.1, 0.15) is 21.5 Å². The Morgan fingerprint density at radius 2 is 1.30 bits per heavy atom. The van der Waals surface area contributed by atoms with Crippen molar-refractivity contribution in [1.29, 1.82) is 0 Å². The highest BCUT2D eigenvalue weighted by molar-refractivity contribution is 6.33. The van der Waals surface area contributed by atoms with Gasteiger partial charge in [0.1, 0.15) is 30.3 Å². The lowest BCUT2D eigenvalue weighted by molar-refractivity contribution is 0.0739.